The van der Waals surface area contributed by atoms with E-state index < -0.39 is 0 Å². The highest BCUT2D eigenvalue weighted by molar-refractivity contribution is 5.80. The Kier molecular flexibility index (Phi) is 6.91. The summed E-state index contributed by atoms with van der Waals surface area (Å²) in [5, 5.41) is 6.03. The zero-order chi connectivity index (χ0) is 15.0. The van der Waals surface area contributed by atoms with Crippen LogP contribution < -0.4 is 15.5 Å². The SMILES string of the molecule is CCN(CC)c1ccc(NCC(=O)NCC(C)C)cc1. The third kappa shape index (κ3) is 5.51. The number of nitrogens with zero attached hydrogens (tertiary/aromatic N) is 1. The van der Waals surface area contributed by atoms with E-state index in [1.807, 2.05) is 12.1 Å². The lowest BCUT2D eigenvalue weighted by Gasteiger charge is -2.21. The Hall–Kier alpha value is -1.71. The zero-order valence-corrected chi connectivity index (χ0v) is 13.1. The number of benzene rings is 1. The molecular weight excluding hydrogens is 250 g/mol. The molecule has 1 rings (SSSR count). The molecule has 0 radical (unpaired) electrons. The van der Waals surface area contributed by atoms with Gasteiger partial charge >= 0.3 is 0 Å². The van der Waals surface area contributed by atoms with Crippen molar-refractivity contribution in [3.05, 3.63) is 24.3 Å². The summed E-state index contributed by atoms with van der Waals surface area (Å²) < 4.78 is 0. The number of nitrogens with one attached hydrogen (secondary N) is 2. The van der Waals surface area contributed by atoms with Crippen molar-refractivity contribution in [2.75, 3.05) is 36.4 Å². The molecule has 0 unspecified atom stereocenters. The first kappa shape index (κ1) is 16.3. The molecule has 4 heteroatoms. The highest BCUT2D eigenvalue weighted by Gasteiger charge is 2.03. The largest absolute Gasteiger partial charge is 0.376 e. The summed E-state index contributed by atoms with van der Waals surface area (Å²) in [6, 6.07) is 8.20. The number of hydrogen-bond acceptors (Lipinski definition) is 3. The Morgan fingerprint density at radius 2 is 1.75 bits per heavy atom. The Labute approximate surface area is 122 Å². The van der Waals surface area contributed by atoms with E-state index >= 15 is 0 Å². The molecule has 0 spiro atoms. The molecule has 0 heterocycles. The van der Waals surface area contributed by atoms with Crippen molar-refractivity contribution in [3.63, 3.8) is 0 Å². The molecule has 0 atom stereocenters. The Morgan fingerprint density at radius 3 is 2.25 bits per heavy atom. The molecule has 20 heavy (non-hydrogen) atoms. The van der Waals surface area contributed by atoms with Crippen LogP contribution in [0.3, 0.4) is 0 Å². The number of carbonyl (C=O) groups is 1. The first-order valence-electron chi connectivity index (χ1n) is 7.42. The van der Waals surface area contributed by atoms with Gasteiger partial charge in [-0.1, -0.05) is 13.8 Å². The molecule has 112 valence electrons. The molecule has 0 aliphatic heterocycles. The second-order valence-electron chi connectivity index (χ2n) is 5.27. The summed E-state index contributed by atoms with van der Waals surface area (Å²) in [6.07, 6.45) is 0. The summed E-state index contributed by atoms with van der Waals surface area (Å²) in [7, 11) is 0. The van der Waals surface area contributed by atoms with Gasteiger partial charge in [-0.05, 0) is 44.0 Å². The van der Waals surface area contributed by atoms with Gasteiger partial charge in [0, 0.05) is 31.0 Å². The Morgan fingerprint density at radius 1 is 1.15 bits per heavy atom. The Balaban J connectivity index is 2.43. The molecule has 1 aromatic carbocycles. The van der Waals surface area contributed by atoms with Crippen LogP contribution in [-0.2, 0) is 4.79 Å². The van der Waals surface area contributed by atoms with Gasteiger partial charge in [0.25, 0.3) is 0 Å². The monoisotopic (exact) mass is 277 g/mol. The van der Waals surface area contributed by atoms with Gasteiger partial charge in [-0.3, -0.25) is 4.79 Å². The topological polar surface area (TPSA) is 44.4 Å². The average Bonchev–Trinajstić information content (AvgIpc) is 2.45. The molecule has 0 aliphatic carbocycles. The molecule has 0 aromatic heterocycles. The molecule has 1 aromatic rings. The van der Waals surface area contributed by atoms with E-state index in [4.69, 9.17) is 0 Å². The standard InChI is InChI=1S/C16H27N3O/c1-5-19(6-2)15-9-7-14(8-10-15)17-12-16(20)18-11-13(3)4/h7-10,13,17H,5-6,11-12H2,1-4H3,(H,18,20). The second kappa shape index (κ2) is 8.46. The minimum Gasteiger partial charge on any atom is -0.376 e. The van der Waals surface area contributed by atoms with Crippen LogP contribution >= 0.6 is 0 Å². The lowest BCUT2D eigenvalue weighted by Crippen LogP contribution is -2.32. The molecule has 4 nitrogen and oxygen atoms in total. The van der Waals surface area contributed by atoms with Crippen LogP contribution in [0.5, 0.6) is 0 Å². The fraction of sp³-hybridized carbons (Fsp3) is 0.562. The van der Waals surface area contributed by atoms with Gasteiger partial charge in [0.2, 0.25) is 5.91 Å². The molecular formula is C16H27N3O. The molecule has 0 bridgehead atoms. The summed E-state index contributed by atoms with van der Waals surface area (Å²) in [6.45, 7) is 11.5. The first-order valence-corrected chi connectivity index (χ1v) is 7.42. The van der Waals surface area contributed by atoms with Gasteiger partial charge in [0.1, 0.15) is 0 Å². The predicted molar refractivity (Wildman–Crippen MR) is 86.3 cm³/mol. The van der Waals surface area contributed by atoms with Gasteiger partial charge in [0.05, 0.1) is 6.54 Å². The van der Waals surface area contributed by atoms with Crippen LogP contribution in [0.25, 0.3) is 0 Å². The van der Waals surface area contributed by atoms with Crippen LogP contribution in [0.4, 0.5) is 11.4 Å². The minimum absolute atomic E-state index is 0.0338. The summed E-state index contributed by atoms with van der Waals surface area (Å²) in [5.74, 6) is 0.513. The maximum atomic E-state index is 11.6. The summed E-state index contributed by atoms with van der Waals surface area (Å²) in [4.78, 5) is 13.9. The van der Waals surface area contributed by atoms with Gasteiger partial charge in [0.15, 0.2) is 0 Å². The van der Waals surface area contributed by atoms with E-state index in [1.165, 1.54) is 5.69 Å². The van der Waals surface area contributed by atoms with Crippen molar-refractivity contribution in [1.29, 1.82) is 0 Å². The van der Waals surface area contributed by atoms with Crippen LogP contribution in [0.1, 0.15) is 27.7 Å². The number of amides is 1. The van der Waals surface area contributed by atoms with E-state index in [9.17, 15) is 4.79 Å². The van der Waals surface area contributed by atoms with Crippen molar-refractivity contribution in [2.24, 2.45) is 5.92 Å². The highest BCUT2D eigenvalue weighted by Crippen LogP contribution is 2.17. The van der Waals surface area contributed by atoms with E-state index in [0.717, 1.165) is 25.3 Å². The third-order valence-electron chi connectivity index (χ3n) is 3.16. The maximum absolute atomic E-state index is 11.6. The van der Waals surface area contributed by atoms with Crippen molar-refractivity contribution in [2.45, 2.75) is 27.7 Å². The third-order valence-corrected chi connectivity index (χ3v) is 3.16. The second-order valence-corrected chi connectivity index (χ2v) is 5.27. The smallest absolute Gasteiger partial charge is 0.239 e. The van der Waals surface area contributed by atoms with Crippen LogP contribution in [0, 0.1) is 5.92 Å². The number of anilines is 2. The highest BCUT2D eigenvalue weighted by atomic mass is 16.1. The first-order chi connectivity index (χ1) is 9.56. The lowest BCUT2D eigenvalue weighted by atomic mass is 10.2. The van der Waals surface area contributed by atoms with Crippen molar-refractivity contribution >= 4 is 17.3 Å². The van der Waals surface area contributed by atoms with E-state index in [-0.39, 0.29) is 5.91 Å². The fourth-order valence-electron chi connectivity index (χ4n) is 1.94. The quantitative estimate of drug-likeness (QED) is 0.768. The number of rotatable bonds is 8. The average molecular weight is 277 g/mol. The van der Waals surface area contributed by atoms with Crippen molar-refractivity contribution in [3.8, 4) is 0 Å². The molecule has 0 saturated carbocycles. The normalized spacial score (nSPS) is 10.4. The molecule has 0 saturated heterocycles. The van der Waals surface area contributed by atoms with E-state index in [1.54, 1.807) is 0 Å². The molecule has 0 aliphatic rings. The summed E-state index contributed by atoms with van der Waals surface area (Å²) in [5.41, 5.74) is 2.19. The van der Waals surface area contributed by atoms with Crippen LogP contribution in [-0.4, -0.2) is 32.1 Å². The van der Waals surface area contributed by atoms with Gasteiger partial charge in [-0.25, -0.2) is 0 Å². The van der Waals surface area contributed by atoms with Crippen LogP contribution in [0.2, 0.25) is 0 Å². The van der Waals surface area contributed by atoms with Gasteiger partial charge < -0.3 is 15.5 Å². The molecule has 2 N–H and O–H groups in total. The zero-order valence-electron chi connectivity index (χ0n) is 13.1. The van der Waals surface area contributed by atoms with E-state index in [2.05, 4.69) is 55.4 Å². The summed E-state index contributed by atoms with van der Waals surface area (Å²) >= 11 is 0. The molecule has 1 amide bonds. The lowest BCUT2D eigenvalue weighted by molar-refractivity contribution is -0.119. The van der Waals surface area contributed by atoms with E-state index in [0.29, 0.717) is 12.5 Å². The van der Waals surface area contributed by atoms with Gasteiger partial charge in [-0.2, -0.15) is 0 Å². The van der Waals surface area contributed by atoms with Crippen molar-refractivity contribution < 1.29 is 4.79 Å². The maximum Gasteiger partial charge on any atom is 0.239 e. The number of carbonyl (C=O) groups excluding carboxylic acids is 1. The predicted octanol–water partition coefficient (Wildman–Crippen LogP) is 2.72. The molecule has 0 fully saturated rings. The Bertz CT molecular complexity index is 397. The fourth-order valence-corrected chi connectivity index (χ4v) is 1.94. The minimum atomic E-state index is 0.0338. The van der Waals surface area contributed by atoms with Gasteiger partial charge in [-0.15, -0.1) is 0 Å². The van der Waals surface area contributed by atoms with Crippen molar-refractivity contribution in [1.82, 2.24) is 5.32 Å². The van der Waals surface area contributed by atoms with Crippen LogP contribution in [0.15, 0.2) is 24.3 Å². The number of hydrogen-bond donors (Lipinski definition) is 2.